The third-order valence-electron chi connectivity index (χ3n) is 4.55. The summed E-state index contributed by atoms with van der Waals surface area (Å²) in [6.45, 7) is 3.25. The molecule has 0 aromatic heterocycles. The van der Waals surface area contributed by atoms with Crippen LogP contribution in [0.4, 0.5) is 0 Å². The number of hydrogen-bond acceptors (Lipinski definition) is 4. The molecule has 4 nitrogen and oxygen atoms in total. The fourth-order valence-corrected chi connectivity index (χ4v) is 3.87. The lowest BCUT2D eigenvalue weighted by atomic mass is 10.1. The topological polar surface area (TPSA) is 33.7 Å². The average molecular weight is 355 g/mol. The smallest absolute Gasteiger partial charge is 0.161 e. The Bertz CT molecular complexity index is 509. The summed E-state index contributed by atoms with van der Waals surface area (Å²) in [6.07, 6.45) is 3.91. The van der Waals surface area contributed by atoms with Crippen LogP contribution in [0.1, 0.15) is 24.8 Å². The van der Waals surface area contributed by atoms with Crippen LogP contribution in [0.3, 0.4) is 0 Å². The second kappa shape index (κ2) is 6.55. The number of ether oxygens (including phenoxy) is 2. The molecule has 2 saturated heterocycles. The summed E-state index contributed by atoms with van der Waals surface area (Å²) < 4.78 is 11.8. The highest BCUT2D eigenvalue weighted by Gasteiger charge is 2.29. The van der Waals surface area contributed by atoms with Crippen LogP contribution in [-0.2, 0) is 6.54 Å². The molecule has 2 atom stereocenters. The largest absolute Gasteiger partial charge is 0.493 e. The Labute approximate surface area is 134 Å². The van der Waals surface area contributed by atoms with Crippen LogP contribution in [0.25, 0.3) is 0 Å². The molecule has 116 valence electrons. The first kappa shape index (κ1) is 15.1. The Kier molecular flexibility index (Phi) is 4.72. The Morgan fingerprint density at radius 1 is 1.14 bits per heavy atom. The number of benzene rings is 1. The molecular formula is C16H23BrN2O2. The molecule has 21 heavy (non-hydrogen) atoms. The van der Waals surface area contributed by atoms with Crippen LogP contribution in [-0.4, -0.2) is 44.3 Å². The zero-order valence-corrected chi connectivity index (χ0v) is 14.3. The summed E-state index contributed by atoms with van der Waals surface area (Å²) in [6, 6.07) is 5.47. The minimum Gasteiger partial charge on any atom is -0.493 e. The van der Waals surface area contributed by atoms with Gasteiger partial charge in [0.25, 0.3) is 0 Å². The Morgan fingerprint density at radius 3 is 2.62 bits per heavy atom. The van der Waals surface area contributed by atoms with E-state index in [0.29, 0.717) is 6.04 Å². The zero-order valence-electron chi connectivity index (χ0n) is 12.7. The van der Waals surface area contributed by atoms with Crippen LogP contribution in [0.5, 0.6) is 11.5 Å². The van der Waals surface area contributed by atoms with E-state index in [-0.39, 0.29) is 0 Å². The normalized spacial score (nSPS) is 25.7. The fraction of sp³-hybridized carbons (Fsp3) is 0.625. The maximum absolute atomic E-state index is 5.42. The highest BCUT2D eigenvalue weighted by atomic mass is 79.9. The van der Waals surface area contributed by atoms with E-state index in [9.17, 15) is 0 Å². The summed E-state index contributed by atoms with van der Waals surface area (Å²) >= 11 is 3.66. The van der Waals surface area contributed by atoms with Gasteiger partial charge in [-0.2, -0.15) is 0 Å². The van der Waals surface area contributed by atoms with Crippen molar-refractivity contribution in [3.63, 3.8) is 0 Å². The molecule has 1 aromatic carbocycles. The third-order valence-corrected chi connectivity index (χ3v) is 5.29. The lowest BCUT2D eigenvalue weighted by Crippen LogP contribution is -2.35. The number of nitrogens with one attached hydrogen (secondary N) is 1. The van der Waals surface area contributed by atoms with E-state index in [0.717, 1.165) is 41.6 Å². The number of fused-ring (bicyclic) bond motifs is 2. The van der Waals surface area contributed by atoms with Crippen molar-refractivity contribution >= 4 is 15.9 Å². The predicted molar refractivity (Wildman–Crippen MR) is 87.1 cm³/mol. The van der Waals surface area contributed by atoms with Crippen LogP contribution < -0.4 is 14.8 Å². The second-order valence-corrected chi connectivity index (χ2v) is 6.81. The van der Waals surface area contributed by atoms with Crippen molar-refractivity contribution < 1.29 is 9.47 Å². The van der Waals surface area contributed by atoms with Gasteiger partial charge in [-0.05, 0) is 37.0 Å². The number of halogens is 1. The third kappa shape index (κ3) is 3.35. The van der Waals surface area contributed by atoms with Gasteiger partial charge >= 0.3 is 0 Å². The SMILES string of the molecule is COc1cc(Br)c(CN2CCC3CCC(C2)N3)cc1OC. The Morgan fingerprint density at radius 2 is 1.86 bits per heavy atom. The molecule has 0 radical (unpaired) electrons. The van der Waals surface area contributed by atoms with Crippen LogP contribution in [0, 0.1) is 0 Å². The summed E-state index contributed by atoms with van der Waals surface area (Å²) in [7, 11) is 3.35. The molecule has 1 N–H and O–H groups in total. The average Bonchev–Trinajstić information content (AvgIpc) is 2.82. The maximum atomic E-state index is 5.42. The molecule has 2 fully saturated rings. The zero-order chi connectivity index (χ0) is 14.8. The van der Waals surface area contributed by atoms with Gasteiger partial charge in [0.05, 0.1) is 14.2 Å². The van der Waals surface area contributed by atoms with Gasteiger partial charge in [-0.25, -0.2) is 0 Å². The first-order valence-electron chi connectivity index (χ1n) is 7.58. The molecule has 2 bridgehead atoms. The van der Waals surface area contributed by atoms with Gasteiger partial charge in [0, 0.05) is 36.2 Å². The van der Waals surface area contributed by atoms with Gasteiger partial charge < -0.3 is 14.8 Å². The molecule has 2 aliphatic heterocycles. The molecule has 3 rings (SSSR count). The van der Waals surface area contributed by atoms with E-state index < -0.39 is 0 Å². The monoisotopic (exact) mass is 354 g/mol. The van der Waals surface area contributed by atoms with E-state index >= 15 is 0 Å². The summed E-state index contributed by atoms with van der Waals surface area (Å²) in [4.78, 5) is 2.54. The van der Waals surface area contributed by atoms with Crippen molar-refractivity contribution in [2.75, 3.05) is 27.3 Å². The summed E-state index contributed by atoms with van der Waals surface area (Å²) in [5.41, 5.74) is 1.26. The molecule has 0 aliphatic carbocycles. The molecule has 1 aromatic rings. The number of rotatable bonds is 4. The van der Waals surface area contributed by atoms with Crippen molar-refractivity contribution in [1.29, 1.82) is 0 Å². The van der Waals surface area contributed by atoms with Crippen molar-refractivity contribution in [1.82, 2.24) is 10.2 Å². The molecule has 0 saturated carbocycles. The molecule has 0 spiro atoms. The number of hydrogen-bond donors (Lipinski definition) is 1. The fourth-order valence-electron chi connectivity index (χ4n) is 3.42. The molecular weight excluding hydrogens is 332 g/mol. The minimum absolute atomic E-state index is 0.663. The van der Waals surface area contributed by atoms with E-state index in [1.165, 1.54) is 24.8 Å². The highest BCUT2D eigenvalue weighted by Crippen LogP contribution is 2.34. The highest BCUT2D eigenvalue weighted by molar-refractivity contribution is 9.10. The van der Waals surface area contributed by atoms with E-state index in [4.69, 9.17) is 9.47 Å². The molecule has 2 aliphatic rings. The lowest BCUT2D eigenvalue weighted by Gasteiger charge is -2.25. The number of likely N-dealkylation sites (tertiary alicyclic amines) is 1. The van der Waals surface area contributed by atoms with Gasteiger partial charge in [-0.1, -0.05) is 15.9 Å². The van der Waals surface area contributed by atoms with Crippen molar-refractivity contribution in [3.8, 4) is 11.5 Å². The van der Waals surface area contributed by atoms with Crippen molar-refractivity contribution in [2.45, 2.75) is 37.9 Å². The first-order chi connectivity index (χ1) is 10.2. The predicted octanol–water partition coefficient (Wildman–Crippen LogP) is 2.79. The second-order valence-electron chi connectivity index (χ2n) is 5.96. The number of methoxy groups -OCH3 is 2. The molecule has 2 unspecified atom stereocenters. The van der Waals surface area contributed by atoms with Gasteiger partial charge in [-0.15, -0.1) is 0 Å². The van der Waals surface area contributed by atoms with Crippen molar-refractivity contribution in [3.05, 3.63) is 22.2 Å². The molecule has 2 heterocycles. The van der Waals surface area contributed by atoms with E-state index in [1.807, 2.05) is 6.07 Å². The standard InChI is InChI=1S/C16H23BrN2O2/c1-20-15-7-11(14(17)8-16(15)21-2)9-19-6-5-12-3-4-13(10-19)18-12/h7-8,12-13,18H,3-6,9-10H2,1-2H3. The van der Waals surface area contributed by atoms with E-state index in [1.54, 1.807) is 14.2 Å². The molecule has 0 amide bonds. The lowest BCUT2D eigenvalue weighted by molar-refractivity contribution is 0.250. The van der Waals surface area contributed by atoms with Gasteiger partial charge in [0.2, 0.25) is 0 Å². The first-order valence-corrected chi connectivity index (χ1v) is 8.37. The minimum atomic E-state index is 0.663. The summed E-state index contributed by atoms with van der Waals surface area (Å²) in [5, 5.41) is 3.73. The quantitative estimate of drug-likeness (QED) is 0.901. The maximum Gasteiger partial charge on any atom is 0.161 e. The Hall–Kier alpha value is -0.780. The van der Waals surface area contributed by atoms with Gasteiger partial charge in [-0.3, -0.25) is 4.90 Å². The van der Waals surface area contributed by atoms with E-state index in [2.05, 4.69) is 32.2 Å². The van der Waals surface area contributed by atoms with Crippen LogP contribution in [0.2, 0.25) is 0 Å². The summed E-state index contributed by atoms with van der Waals surface area (Å²) in [5.74, 6) is 1.56. The van der Waals surface area contributed by atoms with Crippen LogP contribution in [0.15, 0.2) is 16.6 Å². The van der Waals surface area contributed by atoms with Gasteiger partial charge in [0.15, 0.2) is 11.5 Å². The van der Waals surface area contributed by atoms with Crippen molar-refractivity contribution in [2.24, 2.45) is 0 Å². The van der Waals surface area contributed by atoms with Crippen LogP contribution >= 0.6 is 15.9 Å². The molecule has 5 heteroatoms. The number of nitrogens with zero attached hydrogens (tertiary/aromatic N) is 1. The van der Waals surface area contributed by atoms with Gasteiger partial charge in [0.1, 0.15) is 0 Å². The Balaban J connectivity index is 1.75.